The van der Waals surface area contributed by atoms with Gasteiger partial charge in [-0.2, -0.15) is 0 Å². The van der Waals surface area contributed by atoms with E-state index in [0.29, 0.717) is 24.3 Å². The summed E-state index contributed by atoms with van der Waals surface area (Å²) in [6.07, 6.45) is 2.07. The van der Waals surface area contributed by atoms with Gasteiger partial charge in [0.05, 0.1) is 11.9 Å². The van der Waals surface area contributed by atoms with Crippen molar-refractivity contribution in [1.82, 2.24) is 9.88 Å². The summed E-state index contributed by atoms with van der Waals surface area (Å²) in [6.45, 7) is 4.46. The monoisotopic (exact) mass is 252 g/mol. The Morgan fingerprint density at radius 3 is 2.72 bits per heavy atom. The van der Waals surface area contributed by atoms with Crippen LogP contribution in [0.25, 0.3) is 0 Å². The van der Waals surface area contributed by atoms with Crippen molar-refractivity contribution in [3.05, 3.63) is 24.0 Å². The molecule has 0 aliphatic heterocycles. The molecule has 1 rings (SSSR count). The zero-order valence-corrected chi connectivity index (χ0v) is 10.8. The van der Waals surface area contributed by atoms with Gasteiger partial charge in [-0.05, 0) is 32.4 Å². The molecular formula is C12H20N4O2. The Morgan fingerprint density at radius 1 is 1.56 bits per heavy atom. The summed E-state index contributed by atoms with van der Waals surface area (Å²) in [7, 11) is 0. The van der Waals surface area contributed by atoms with Crippen LogP contribution < -0.4 is 11.3 Å². The van der Waals surface area contributed by atoms with E-state index in [2.05, 4.69) is 10.4 Å². The van der Waals surface area contributed by atoms with Crippen LogP contribution >= 0.6 is 0 Å². The van der Waals surface area contributed by atoms with Gasteiger partial charge in [0.15, 0.2) is 0 Å². The molecule has 0 radical (unpaired) electrons. The first-order valence-electron chi connectivity index (χ1n) is 5.94. The van der Waals surface area contributed by atoms with E-state index in [1.54, 1.807) is 17.0 Å². The van der Waals surface area contributed by atoms with Crippen LogP contribution in [0.4, 0.5) is 5.69 Å². The Bertz CT molecular complexity index is 378. The fraction of sp³-hybridized carbons (Fsp3) is 0.500. The van der Waals surface area contributed by atoms with Crippen LogP contribution in [0.5, 0.6) is 0 Å². The number of carbonyl (C=O) groups excluding carboxylic acids is 1. The van der Waals surface area contributed by atoms with E-state index < -0.39 is 0 Å². The number of aliphatic hydroxyl groups excluding tert-OH is 1. The predicted octanol–water partition coefficient (Wildman–Crippen LogP) is 0.600. The van der Waals surface area contributed by atoms with Crippen molar-refractivity contribution in [2.75, 3.05) is 18.6 Å². The molecule has 1 amide bonds. The zero-order chi connectivity index (χ0) is 13.5. The molecule has 1 aromatic rings. The summed E-state index contributed by atoms with van der Waals surface area (Å²) in [4.78, 5) is 18.0. The number of pyridine rings is 1. The second kappa shape index (κ2) is 6.93. The molecule has 0 saturated heterocycles. The van der Waals surface area contributed by atoms with Crippen molar-refractivity contribution in [2.45, 2.75) is 26.3 Å². The highest BCUT2D eigenvalue weighted by molar-refractivity contribution is 5.92. The number of amides is 1. The highest BCUT2D eigenvalue weighted by atomic mass is 16.3. The molecular weight excluding hydrogens is 232 g/mol. The third kappa shape index (κ3) is 3.68. The van der Waals surface area contributed by atoms with Gasteiger partial charge >= 0.3 is 0 Å². The molecule has 0 saturated carbocycles. The molecule has 0 bridgehead atoms. The van der Waals surface area contributed by atoms with Crippen molar-refractivity contribution in [3.63, 3.8) is 0 Å². The van der Waals surface area contributed by atoms with Gasteiger partial charge in [-0.25, -0.2) is 4.98 Å². The van der Waals surface area contributed by atoms with Gasteiger partial charge in [-0.3, -0.25) is 10.6 Å². The first-order chi connectivity index (χ1) is 8.60. The van der Waals surface area contributed by atoms with Crippen molar-refractivity contribution in [2.24, 2.45) is 5.84 Å². The average Bonchev–Trinajstić information content (AvgIpc) is 2.38. The molecule has 6 nitrogen and oxygen atoms in total. The average molecular weight is 252 g/mol. The molecule has 100 valence electrons. The van der Waals surface area contributed by atoms with E-state index in [0.717, 1.165) is 0 Å². The minimum Gasteiger partial charge on any atom is -0.396 e. The third-order valence-electron chi connectivity index (χ3n) is 2.59. The molecule has 0 fully saturated rings. The quantitative estimate of drug-likeness (QED) is 0.509. The summed E-state index contributed by atoms with van der Waals surface area (Å²) in [6, 6.07) is 3.40. The molecule has 4 N–H and O–H groups in total. The van der Waals surface area contributed by atoms with Gasteiger partial charge in [-0.15, -0.1) is 0 Å². The number of aliphatic hydroxyl groups is 1. The fourth-order valence-electron chi connectivity index (χ4n) is 1.59. The lowest BCUT2D eigenvalue weighted by Crippen LogP contribution is -2.38. The maximum Gasteiger partial charge on any atom is 0.272 e. The predicted molar refractivity (Wildman–Crippen MR) is 69.9 cm³/mol. The van der Waals surface area contributed by atoms with Crippen LogP contribution in [0.1, 0.15) is 30.8 Å². The first-order valence-corrected chi connectivity index (χ1v) is 5.94. The SMILES string of the molecule is CC(C)N(CCCO)C(=O)c1ccc(NN)cn1. The highest BCUT2D eigenvalue weighted by Gasteiger charge is 2.19. The lowest BCUT2D eigenvalue weighted by atomic mass is 10.2. The van der Waals surface area contributed by atoms with E-state index >= 15 is 0 Å². The highest BCUT2D eigenvalue weighted by Crippen LogP contribution is 2.10. The Labute approximate surface area is 107 Å². The Morgan fingerprint density at radius 2 is 2.28 bits per heavy atom. The molecule has 1 aromatic heterocycles. The summed E-state index contributed by atoms with van der Waals surface area (Å²) in [5, 5.41) is 8.84. The maximum atomic E-state index is 12.2. The lowest BCUT2D eigenvalue weighted by Gasteiger charge is -2.26. The second-order valence-corrected chi connectivity index (χ2v) is 4.25. The van der Waals surface area contributed by atoms with Gasteiger partial charge < -0.3 is 15.4 Å². The number of nitrogens with one attached hydrogen (secondary N) is 1. The number of aromatic nitrogens is 1. The third-order valence-corrected chi connectivity index (χ3v) is 2.59. The van der Waals surface area contributed by atoms with Crippen molar-refractivity contribution in [3.8, 4) is 0 Å². The maximum absolute atomic E-state index is 12.2. The van der Waals surface area contributed by atoms with Gasteiger partial charge in [0, 0.05) is 19.2 Å². The van der Waals surface area contributed by atoms with Crippen molar-refractivity contribution in [1.29, 1.82) is 0 Å². The molecule has 0 spiro atoms. The number of rotatable bonds is 6. The Kier molecular flexibility index (Phi) is 5.54. The largest absolute Gasteiger partial charge is 0.396 e. The summed E-state index contributed by atoms with van der Waals surface area (Å²) in [5.41, 5.74) is 3.49. The van der Waals surface area contributed by atoms with E-state index in [-0.39, 0.29) is 18.6 Å². The number of nitrogen functional groups attached to an aromatic ring is 1. The van der Waals surface area contributed by atoms with Crippen molar-refractivity contribution < 1.29 is 9.90 Å². The van der Waals surface area contributed by atoms with Crippen LogP contribution in [0.15, 0.2) is 18.3 Å². The minimum absolute atomic E-state index is 0.0677. The van der Waals surface area contributed by atoms with Gasteiger partial charge in [0.25, 0.3) is 5.91 Å². The van der Waals surface area contributed by atoms with E-state index in [1.165, 1.54) is 6.20 Å². The zero-order valence-electron chi connectivity index (χ0n) is 10.8. The summed E-state index contributed by atoms with van der Waals surface area (Å²) in [5.74, 6) is 5.10. The van der Waals surface area contributed by atoms with E-state index in [1.807, 2.05) is 13.8 Å². The second-order valence-electron chi connectivity index (χ2n) is 4.25. The summed E-state index contributed by atoms with van der Waals surface area (Å²) < 4.78 is 0. The standard InChI is InChI=1S/C12H20N4O2/c1-9(2)16(6-3-7-17)12(18)11-5-4-10(15-13)8-14-11/h4-5,8-9,15,17H,3,6-7,13H2,1-2H3. The molecule has 0 atom stereocenters. The number of carbonyl (C=O) groups is 1. The van der Waals surface area contributed by atoms with Crippen LogP contribution in [0.2, 0.25) is 0 Å². The molecule has 0 unspecified atom stereocenters. The van der Waals surface area contributed by atoms with Crippen LogP contribution in [0, 0.1) is 0 Å². The molecule has 0 aliphatic rings. The van der Waals surface area contributed by atoms with Crippen LogP contribution in [0.3, 0.4) is 0 Å². The molecule has 0 aliphatic carbocycles. The topological polar surface area (TPSA) is 91.5 Å². The fourth-order valence-corrected chi connectivity index (χ4v) is 1.59. The molecule has 6 heteroatoms. The van der Waals surface area contributed by atoms with Crippen LogP contribution in [-0.2, 0) is 0 Å². The number of nitrogens with zero attached hydrogens (tertiary/aromatic N) is 2. The van der Waals surface area contributed by atoms with E-state index in [9.17, 15) is 4.79 Å². The summed E-state index contributed by atoms with van der Waals surface area (Å²) >= 11 is 0. The number of hydrogen-bond acceptors (Lipinski definition) is 5. The Balaban J connectivity index is 2.80. The van der Waals surface area contributed by atoms with Crippen molar-refractivity contribution >= 4 is 11.6 Å². The molecule has 0 aromatic carbocycles. The number of hydrazine groups is 1. The smallest absolute Gasteiger partial charge is 0.272 e. The number of anilines is 1. The van der Waals surface area contributed by atoms with Gasteiger partial charge in [0.2, 0.25) is 0 Å². The lowest BCUT2D eigenvalue weighted by molar-refractivity contribution is 0.0687. The minimum atomic E-state index is -0.137. The number of hydrogen-bond donors (Lipinski definition) is 3. The molecule has 1 heterocycles. The normalized spacial score (nSPS) is 10.5. The first kappa shape index (κ1) is 14.4. The van der Waals surface area contributed by atoms with Crippen LogP contribution in [-0.4, -0.2) is 40.1 Å². The Hall–Kier alpha value is -1.66. The molecule has 18 heavy (non-hydrogen) atoms. The van der Waals surface area contributed by atoms with E-state index in [4.69, 9.17) is 10.9 Å². The van der Waals surface area contributed by atoms with Gasteiger partial charge in [-0.1, -0.05) is 0 Å². The van der Waals surface area contributed by atoms with Gasteiger partial charge in [0.1, 0.15) is 5.69 Å². The number of nitrogens with two attached hydrogens (primary N) is 1.